The average molecular weight is 365 g/mol. The minimum absolute atomic E-state index is 0.113. The van der Waals surface area contributed by atoms with Crippen molar-refractivity contribution in [3.63, 3.8) is 0 Å². The fraction of sp³-hybridized carbons (Fsp3) is 0.533. The Morgan fingerprint density at radius 3 is 2.36 bits per heavy atom. The highest BCUT2D eigenvalue weighted by atomic mass is 35.5. The van der Waals surface area contributed by atoms with E-state index < -0.39 is 0 Å². The summed E-state index contributed by atoms with van der Waals surface area (Å²) in [6.45, 7) is 3.25. The van der Waals surface area contributed by atoms with Gasteiger partial charge in [-0.3, -0.25) is 9.69 Å². The number of nitrogens with zero attached hydrogens (tertiary/aromatic N) is 1. The van der Waals surface area contributed by atoms with E-state index in [4.69, 9.17) is 34.8 Å². The average Bonchev–Trinajstić information content (AvgIpc) is 2.45. The van der Waals surface area contributed by atoms with Crippen LogP contribution in [0, 0.1) is 5.92 Å². The van der Waals surface area contributed by atoms with E-state index in [9.17, 15) is 4.79 Å². The fourth-order valence-electron chi connectivity index (χ4n) is 2.68. The third-order valence-electron chi connectivity index (χ3n) is 3.84. The first-order valence-corrected chi connectivity index (χ1v) is 8.44. The Labute approximate surface area is 146 Å². The summed E-state index contributed by atoms with van der Waals surface area (Å²) in [7, 11) is 1.97. The molecule has 1 fully saturated rings. The largest absolute Gasteiger partial charge is 0.322 e. The fourth-order valence-corrected chi connectivity index (χ4v) is 3.59. The number of hydrogen-bond acceptors (Lipinski definition) is 3. The molecule has 22 heavy (non-hydrogen) atoms. The summed E-state index contributed by atoms with van der Waals surface area (Å²) in [5.41, 5.74) is 0.419. The van der Waals surface area contributed by atoms with E-state index in [2.05, 4.69) is 15.5 Å². The smallest absolute Gasteiger partial charge is 0.238 e. The number of piperidine rings is 1. The summed E-state index contributed by atoms with van der Waals surface area (Å²) in [4.78, 5) is 14.3. The number of hydrogen-bond donors (Lipinski definition) is 2. The van der Waals surface area contributed by atoms with Crippen molar-refractivity contribution >= 4 is 46.4 Å². The summed E-state index contributed by atoms with van der Waals surface area (Å²) < 4.78 is 0. The number of carbonyl (C=O) groups excluding carboxylic acids is 1. The molecule has 122 valence electrons. The van der Waals surface area contributed by atoms with Crippen LogP contribution in [0.4, 0.5) is 5.69 Å². The minimum Gasteiger partial charge on any atom is -0.322 e. The number of benzene rings is 1. The van der Waals surface area contributed by atoms with Gasteiger partial charge in [0.15, 0.2) is 0 Å². The third kappa shape index (κ3) is 5.00. The van der Waals surface area contributed by atoms with E-state index in [1.54, 1.807) is 12.1 Å². The second-order valence-corrected chi connectivity index (χ2v) is 6.82. The van der Waals surface area contributed by atoms with Crippen molar-refractivity contribution < 1.29 is 4.79 Å². The summed E-state index contributed by atoms with van der Waals surface area (Å²) in [5, 5.41) is 7.11. The van der Waals surface area contributed by atoms with Gasteiger partial charge in [-0.2, -0.15) is 0 Å². The van der Waals surface area contributed by atoms with E-state index in [1.807, 2.05) is 7.05 Å². The number of halogens is 3. The molecule has 4 nitrogen and oxygen atoms in total. The Morgan fingerprint density at radius 1 is 1.23 bits per heavy atom. The second-order valence-electron chi connectivity index (χ2n) is 5.57. The number of nitrogens with one attached hydrogen (secondary N) is 2. The molecule has 1 aromatic rings. The Kier molecular flexibility index (Phi) is 6.78. The van der Waals surface area contributed by atoms with Gasteiger partial charge < -0.3 is 10.6 Å². The van der Waals surface area contributed by atoms with Crippen molar-refractivity contribution in [3.05, 3.63) is 27.2 Å². The molecule has 0 bridgehead atoms. The van der Waals surface area contributed by atoms with Crippen LogP contribution in [-0.2, 0) is 4.79 Å². The Hall–Kier alpha value is -0.520. The van der Waals surface area contributed by atoms with Gasteiger partial charge in [0.2, 0.25) is 5.91 Å². The van der Waals surface area contributed by atoms with E-state index in [0.29, 0.717) is 33.2 Å². The molecule has 2 N–H and O–H groups in total. The number of carbonyl (C=O) groups is 1. The van der Waals surface area contributed by atoms with Crippen LogP contribution in [0.25, 0.3) is 0 Å². The number of rotatable bonds is 5. The zero-order chi connectivity index (χ0) is 16.1. The zero-order valence-electron chi connectivity index (χ0n) is 12.5. The standard InChI is InChI=1S/C15H20Cl3N3O/c1-19-8-10-2-4-21(5-3-10)9-14(22)20-15-12(17)6-11(16)7-13(15)18/h6-7,10,19H,2-5,8-9H2,1H3,(H,20,22). The Morgan fingerprint density at radius 2 is 1.82 bits per heavy atom. The van der Waals surface area contributed by atoms with Crippen LogP contribution in [0.2, 0.25) is 15.1 Å². The van der Waals surface area contributed by atoms with Gasteiger partial charge in [-0.05, 0) is 57.6 Å². The lowest BCUT2D eigenvalue weighted by Crippen LogP contribution is -2.40. The molecule has 1 aromatic carbocycles. The van der Waals surface area contributed by atoms with Crippen molar-refractivity contribution in [2.75, 3.05) is 38.5 Å². The van der Waals surface area contributed by atoms with Crippen molar-refractivity contribution in [1.82, 2.24) is 10.2 Å². The molecule has 1 heterocycles. The SMILES string of the molecule is CNCC1CCN(CC(=O)Nc2c(Cl)cc(Cl)cc2Cl)CC1. The molecule has 0 saturated carbocycles. The van der Waals surface area contributed by atoms with E-state index in [0.717, 1.165) is 32.5 Å². The van der Waals surface area contributed by atoms with E-state index in [-0.39, 0.29) is 5.91 Å². The molecule has 1 aliphatic rings. The lowest BCUT2D eigenvalue weighted by Gasteiger charge is -2.31. The van der Waals surface area contributed by atoms with Crippen LogP contribution in [0.1, 0.15) is 12.8 Å². The molecule has 0 radical (unpaired) electrons. The topological polar surface area (TPSA) is 44.4 Å². The van der Waals surface area contributed by atoms with Gasteiger partial charge in [-0.1, -0.05) is 34.8 Å². The highest BCUT2D eigenvalue weighted by Gasteiger charge is 2.21. The van der Waals surface area contributed by atoms with Crippen LogP contribution in [0.5, 0.6) is 0 Å². The monoisotopic (exact) mass is 363 g/mol. The van der Waals surface area contributed by atoms with Crippen molar-refractivity contribution in [1.29, 1.82) is 0 Å². The molecule has 1 amide bonds. The molecule has 0 aromatic heterocycles. The maximum Gasteiger partial charge on any atom is 0.238 e. The molecule has 0 aliphatic carbocycles. The third-order valence-corrected chi connectivity index (χ3v) is 4.65. The van der Waals surface area contributed by atoms with Gasteiger partial charge in [0.25, 0.3) is 0 Å². The lowest BCUT2D eigenvalue weighted by molar-refractivity contribution is -0.117. The molecule has 1 saturated heterocycles. The van der Waals surface area contributed by atoms with Crippen LogP contribution >= 0.6 is 34.8 Å². The van der Waals surface area contributed by atoms with Crippen LogP contribution in [-0.4, -0.2) is 44.0 Å². The van der Waals surface area contributed by atoms with Crippen LogP contribution < -0.4 is 10.6 Å². The van der Waals surface area contributed by atoms with Crippen LogP contribution in [0.15, 0.2) is 12.1 Å². The first kappa shape index (κ1) is 17.8. The predicted octanol–water partition coefficient (Wildman–Crippen LogP) is 3.52. The van der Waals surface area contributed by atoms with E-state index >= 15 is 0 Å². The number of anilines is 1. The van der Waals surface area contributed by atoms with Gasteiger partial charge >= 0.3 is 0 Å². The minimum atomic E-state index is -0.113. The molecule has 2 rings (SSSR count). The molecule has 0 atom stereocenters. The predicted molar refractivity (Wildman–Crippen MR) is 93.2 cm³/mol. The van der Waals surface area contributed by atoms with Gasteiger partial charge in [0.1, 0.15) is 0 Å². The molecule has 0 spiro atoms. The summed E-state index contributed by atoms with van der Waals surface area (Å²) >= 11 is 18.0. The summed E-state index contributed by atoms with van der Waals surface area (Å²) in [5.74, 6) is 0.586. The first-order chi connectivity index (χ1) is 10.5. The van der Waals surface area contributed by atoms with E-state index in [1.165, 1.54) is 0 Å². The summed E-state index contributed by atoms with van der Waals surface area (Å²) in [6.07, 6.45) is 2.22. The van der Waals surface area contributed by atoms with Gasteiger partial charge in [-0.25, -0.2) is 0 Å². The van der Waals surface area contributed by atoms with Gasteiger partial charge in [0.05, 0.1) is 22.3 Å². The highest BCUT2D eigenvalue weighted by Crippen LogP contribution is 2.33. The number of likely N-dealkylation sites (tertiary alicyclic amines) is 1. The number of amides is 1. The lowest BCUT2D eigenvalue weighted by atomic mass is 9.97. The Bertz CT molecular complexity index is 508. The van der Waals surface area contributed by atoms with Gasteiger partial charge in [-0.15, -0.1) is 0 Å². The molecule has 1 aliphatic heterocycles. The quantitative estimate of drug-likeness (QED) is 0.840. The van der Waals surface area contributed by atoms with Crippen molar-refractivity contribution in [3.8, 4) is 0 Å². The maximum absolute atomic E-state index is 12.2. The molecular formula is C15H20Cl3N3O. The zero-order valence-corrected chi connectivity index (χ0v) is 14.7. The first-order valence-electron chi connectivity index (χ1n) is 7.31. The van der Waals surface area contributed by atoms with Crippen LogP contribution in [0.3, 0.4) is 0 Å². The molecular weight excluding hydrogens is 345 g/mol. The molecule has 0 unspecified atom stereocenters. The van der Waals surface area contributed by atoms with Crippen molar-refractivity contribution in [2.24, 2.45) is 5.92 Å². The molecule has 7 heteroatoms. The highest BCUT2D eigenvalue weighted by molar-refractivity contribution is 6.42. The Balaban J connectivity index is 1.87. The maximum atomic E-state index is 12.2. The second kappa shape index (κ2) is 8.37. The van der Waals surface area contributed by atoms with Gasteiger partial charge in [0, 0.05) is 5.02 Å². The normalized spacial score (nSPS) is 16.7. The summed E-state index contributed by atoms with van der Waals surface area (Å²) in [6, 6.07) is 3.13. The van der Waals surface area contributed by atoms with Crippen molar-refractivity contribution in [2.45, 2.75) is 12.8 Å².